The highest BCUT2D eigenvalue weighted by Gasteiger charge is 2.71. The van der Waals surface area contributed by atoms with Crippen LogP contribution in [0.15, 0.2) is 11.6 Å². The van der Waals surface area contributed by atoms with E-state index in [1.165, 1.54) is 6.08 Å². The Bertz CT molecular complexity index is 837. The standard InChI is InChI=1S/C25H34F2O4/c1-5-22(30)31-25(21(29)13-26)14(2)10-18-16-12-20(27)19-11-15(28)6-8-23(19,3)17(16)7-9-24(18,25)4/h11,14,16-18,20H,5-10,12-13H2,1-4H3/t14?,16-,17+,18+,20?,23-,24+,25+/m1/s1. The predicted molar refractivity (Wildman–Crippen MR) is 112 cm³/mol. The molecule has 0 heterocycles. The van der Waals surface area contributed by atoms with Crippen molar-refractivity contribution in [1.82, 2.24) is 0 Å². The Morgan fingerprint density at radius 3 is 2.55 bits per heavy atom. The number of carbonyl (C=O) groups excluding carboxylic acids is 3. The Kier molecular flexibility index (Phi) is 5.45. The number of Topliss-reactive ketones (excluding diaryl/α,β-unsaturated/α-hetero) is 1. The molecule has 0 aromatic heterocycles. The molecule has 0 aliphatic heterocycles. The lowest BCUT2D eigenvalue weighted by atomic mass is 9.46. The summed E-state index contributed by atoms with van der Waals surface area (Å²) < 4.78 is 35.1. The number of hydrogen-bond donors (Lipinski definition) is 0. The lowest BCUT2D eigenvalue weighted by Crippen LogP contribution is -2.61. The van der Waals surface area contributed by atoms with Crippen molar-refractivity contribution < 1.29 is 27.9 Å². The van der Waals surface area contributed by atoms with Gasteiger partial charge in [-0.2, -0.15) is 0 Å². The molecule has 0 bridgehead atoms. The van der Waals surface area contributed by atoms with Gasteiger partial charge < -0.3 is 4.74 Å². The zero-order valence-electron chi connectivity index (χ0n) is 19.0. The topological polar surface area (TPSA) is 60.4 Å². The van der Waals surface area contributed by atoms with Crippen molar-refractivity contribution in [2.75, 3.05) is 6.67 Å². The Morgan fingerprint density at radius 1 is 1.19 bits per heavy atom. The first kappa shape index (κ1) is 22.6. The smallest absolute Gasteiger partial charge is 0.306 e. The summed E-state index contributed by atoms with van der Waals surface area (Å²) >= 11 is 0. The van der Waals surface area contributed by atoms with Crippen LogP contribution in [0.25, 0.3) is 0 Å². The fourth-order valence-corrected chi connectivity index (χ4v) is 8.10. The van der Waals surface area contributed by atoms with Gasteiger partial charge in [0, 0.05) is 24.2 Å². The maximum atomic E-state index is 15.4. The SMILES string of the molecule is CCC(=O)O[C@]1(C(=O)CF)C(C)C[C@H]2[C@@H]3CC(F)C4=CC(=O)CC[C@]4(C)[C@H]3CC[C@@]21C. The lowest BCUT2D eigenvalue weighted by Gasteiger charge is -2.59. The lowest BCUT2D eigenvalue weighted by molar-refractivity contribution is -0.196. The molecule has 0 aromatic carbocycles. The molecule has 4 aliphatic rings. The van der Waals surface area contributed by atoms with E-state index < -0.39 is 35.6 Å². The van der Waals surface area contributed by atoms with E-state index in [1.54, 1.807) is 6.92 Å². The van der Waals surface area contributed by atoms with Crippen molar-refractivity contribution >= 4 is 17.5 Å². The van der Waals surface area contributed by atoms with Crippen molar-refractivity contribution in [1.29, 1.82) is 0 Å². The first-order valence-electron chi connectivity index (χ1n) is 11.7. The Labute approximate surface area is 183 Å². The summed E-state index contributed by atoms with van der Waals surface area (Å²) in [5.74, 6) is -1.28. The number of fused-ring (bicyclic) bond motifs is 5. The molecule has 4 rings (SSSR count). The van der Waals surface area contributed by atoms with Gasteiger partial charge in [0.05, 0.1) is 0 Å². The largest absolute Gasteiger partial charge is 0.450 e. The summed E-state index contributed by atoms with van der Waals surface area (Å²) in [4.78, 5) is 37.4. The highest BCUT2D eigenvalue weighted by atomic mass is 19.1. The minimum Gasteiger partial charge on any atom is -0.450 e. The van der Waals surface area contributed by atoms with E-state index in [2.05, 4.69) is 6.92 Å². The average molecular weight is 437 g/mol. The number of carbonyl (C=O) groups is 3. The summed E-state index contributed by atoms with van der Waals surface area (Å²) in [5, 5.41) is 0. The van der Waals surface area contributed by atoms with E-state index in [4.69, 9.17) is 4.74 Å². The third-order valence-corrected chi connectivity index (χ3v) is 9.58. The molecule has 6 heteroatoms. The van der Waals surface area contributed by atoms with E-state index in [-0.39, 0.29) is 41.3 Å². The normalized spacial score (nSPS) is 46.5. The Balaban J connectivity index is 1.77. The maximum Gasteiger partial charge on any atom is 0.306 e. The molecule has 0 spiro atoms. The van der Waals surface area contributed by atoms with E-state index in [1.807, 2.05) is 13.8 Å². The summed E-state index contributed by atoms with van der Waals surface area (Å²) in [5.41, 5.74) is -1.93. The Morgan fingerprint density at radius 2 is 1.90 bits per heavy atom. The van der Waals surface area contributed by atoms with Crippen molar-refractivity contribution in [3.05, 3.63) is 11.6 Å². The number of rotatable bonds is 4. The first-order chi connectivity index (χ1) is 14.5. The van der Waals surface area contributed by atoms with Crippen LogP contribution in [-0.4, -0.2) is 36.0 Å². The van der Waals surface area contributed by atoms with Crippen molar-refractivity contribution in [3.8, 4) is 0 Å². The summed E-state index contributed by atoms with van der Waals surface area (Å²) in [6.45, 7) is 6.42. The van der Waals surface area contributed by atoms with Crippen LogP contribution in [0.2, 0.25) is 0 Å². The average Bonchev–Trinajstić information content (AvgIpc) is 2.96. The van der Waals surface area contributed by atoms with Gasteiger partial charge in [-0.1, -0.05) is 27.7 Å². The number of esters is 1. The molecule has 2 unspecified atom stereocenters. The number of hydrogen-bond acceptors (Lipinski definition) is 4. The van der Waals surface area contributed by atoms with Crippen LogP contribution < -0.4 is 0 Å². The van der Waals surface area contributed by atoms with E-state index in [9.17, 15) is 18.8 Å². The van der Waals surface area contributed by atoms with Gasteiger partial charge in [0.25, 0.3) is 0 Å². The van der Waals surface area contributed by atoms with Crippen LogP contribution in [0.3, 0.4) is 0 Å². The number of allylic oxidation sites excluding steroid dienone is 1. The fraction of sp³-hybridized carbons (Fsp3) is 0.800. The van der Waals surface area contributed by atoms with Crippen LogP contribution in [0.4, 0.5) is 8.78 Å². The van der Waals surface area contributed by atoms with Gasteiger partial charge in [-0.25, -0.2) is 8.78 Å². The maximum absolute atomic E-state index is 15.4. The zero-order chi connectivity index (χ0) is 22.8. The van der Waals surface area contributed by atoms with Crippen molar-refractivity contribution in [2.24, 2.45) is 34.5 Å². The monoisotopic (exact) mass is 436 g/mol. The van der Waals surface area contributed by atoms with Crippen LogP contribution in [0.5, 0.6) is 0 Å². The van der Waals surface area contributed by atoms with Gasteiger partial charge in [0.1, 0.15) is 6.17 Å². The van der Waals surface area contributed by atoms with Crippen LogP contribution in [0, 0.1) is 34.5 Å². The third kappa shape index (κ3) is 2.92. The van der Waals surface area contributed by atoms with Gasteiger partial charge in [0.15, 0.2) is 18.1 Å². The van der Waals surface area contributed by atoms with E-state index >= 15 is 4.39 Å². The molecule has 31 heavy (non-hydrogen) atoms. The molecule has 3 saturated carbocycles. The third-order valence-electron chi connectivity index (χ3n) is 9.58. The molecule has 0 radical (unpaired) electrons. The molecule has 0 saturated heterocycles. The van der Waals surface area contributed by atoms with Gasteiger partial charge in [-0.05, 0) is 66.9 Å². The number of alkyl halides is 2. The minimum absolute atomic E-state index is 0.00255. The van der Waals surface area contributed by atoms with Gasteiger partial charge in [-0.15, -0.1) is 0 Å². The molecule has 4 aliphatic carbocycles. The first-order valence-corrected chi connectivity index (χ1v) is 11.7. The second kappa shape index (κ2) is 7.48. The van der Waals surface area contributed by atoms with Crippen molar-refractivity contribution in [3.63, 3.8) is 0 Å². The summed E-state index contributed by atoms with van der Waals surface area (Å²) in [7, 11) is 0. The molecule has 0 amide bonds. The van der Waals surface area contributed by atoms with Gasteiger partial charge in [-0.3, -0.25) is 14.4 Å². The summed E-state index contributed by atoms with van der Waals surface area (Å²) in [6.07, 6.45) is 3.87. The minimum atomic E-state index is -1.49. The molecule has 0 aromatic rings. The molecule has 0 N–H and O–H groups in total. The molecule has 4 nitrogen and oxygen atoms in total. The quantitative estimate of drug-likeness (QED) is 0.586. The van der Waals surface area contributed by atoms with Gasteiger partial charge >= 0.3 is 5.97 Å². The second-order valence-corrected chi connectivity index (χ2v) is 10.8. The number of halogens is 2. The molecular weight excluding hydrogens is 402 g/mol. The Hall–Kier alpha value is -1.59. The zero-order valence-corrected chi connectivity index (χ0v) is 19.0. The highest BCUT2D eigenvalue weighted by molar-refractivity contribution is 5.93. The van der Waals surface area contributed by atoms with Crippen molar-refractivity contribution in [2.45, 2.75) is 84.4 Å². The fourth-order valence-electron chi connectivity index (χ4n) is 8.10. The van der Waals surface area contributed by atoms with E-state index in [0.717, 1.165) is 6.42 Å². The predicted octanol–water partition coefficient (Wildman–Crippen LogP) is 4.94. The van der Waals surface area contributed by atoms with Crippen LogP contribution in [0.1, 0.15) is 72.6 Å². The van der Waals surface area contributed by atoms with Crippen LogP contribution in [-0.2, 0) is 19.1 Å². The highest BCUT2D eigenvalue weighted by Crippen LogP contribution is 2.69. The van der Waals surface area contributed by atoms with Gasteiger partial charge in [0.2, 0.25) is 5.78 Å². The second-order valence-electron chi connectivity index (χ2n) is 10.8. The number of ketones is 2. The molecule has 3 fully saturated rings. The summed E-state index contributed by atoms with van der Waals surface area (Å²) in [6, 6.07) is 0. The molecular formula is C25H34F2O4. The molecule has 172 valence electrons. The molecule has 8 atom stereocenters. The van der Waals surface area contributed by atoms with E-state index in [0.29, 0.717) is 37.7 Å². The van der Waals surface area contributed by atoms with Crippen LogP contribution >= 0.6 is 0 Å². The number of ether oxygens (including phenoxy) is 1.